The van der Waals surface area contributed by atoms with Crippen LogP contribution in [-0.2, 0) is 6.18 Å². The van der Waals surface area contributed by atoms with Gasteiger partial charge in [0.05, 0.1) is 15.6 Å². The van der Waals surface area contributed by atoms with Gasteiger partial charge in [0.15, 0.2) is 0 Å². The Kier molecular flexibility index (Phi) is 3.60. The normalized spacial score (nSPS) is 11.6. The molecule has 0 saturated carbocycles. The molecule has 0 saturated heterocycles. The summed E-state index contributed by atoms with van der Waals surface area (Å²) >= 11 is 11.7. The molecule has 0 fully saturated rings. The molecule has 0 aliphatic rings. The summed E-state index contributed by atoms with van der Waals surface area (Å²) < 4.78 is 38.7. The minimum Gasteiger partial charge on any atom is -0.328 e. The number of hydrogen-bond donors (Lipinski definition) is 1. The Morgan fingerprint density at radius 1 is 1.11 bits per heavy atom. The van der Waals surface area contributed by atoms with E-state index in [1.165, 1.54) is 18.2 Å². The van der Waals surface area contributed by atoms with Gasteiger partial charge in [-0.05, 0) is 6.07 Å². The van der Waals surface area contributed by atoms with Crippen LogP contribution in [0.3, 0.4) is 0 Å². The van der Waals surface area contributed by atoms with E-state index in [4.69, 9.17) is 23.2 Å². The molecule has 0 amide bonds. The first kappa shape index (κ1) is 14.0. The van der Waals surface area contributed by atoms with E-state index in [-0.39, 0.29) is 21.2 Å². The quantitative estimate of drug-likeness (QED) is 0.834. The maximum absolute atomic E-state index is 12.9. The number of benzene rings is 1. The summed E-state index contributed by atoms with van der Waals surface area (Å²) in [6.07, 6.45) is -3.99. The first-order valence-electron chi connectivity index (χ1n) is 5.05. The lowest BCUT2D eigenvalue weighted by atomic mass is 10.0. The average Bonchev–Trinajstić information content (AvgIpc) is 2.31. The highest BCUT2D eigenvalue weighted by molar-refractivity contribution is 6.43. The second kappa shape index (κ2) is 4.90. The second-order valence-electron chi connectivity index (χ2n) is 3.72. The number of alkyl halides is 3. The third kappa shape index (κ3) is 2.77. The van der Waals surface area contributed by atoms with Crippen LogP contribution in [0.25, 0.3) is 11.1 Å². The number of rotatable bonds is 1. The number of aromatic amines is 1. The molecule has 1 aromatic carbocycles. The van der Waals surface area contributed by atoms with Crippen LogP contribution in [0.2, 0.25) is 10.0 Å². The van der Waals surface area contributed by atoms with Gasteiger partial charge in [-0.15, -0.1) is 0 Å². The summed E-state index contributed by atoms with van der Waals surface area (Å²) in [6.45, 7) is 0. The fourth-order valence-electron chi connectivity index (χ4n) is 1.64. The van der Waals surface area contributed by atoms with E-state index >= 15 is 0 Å². The van der Waals surface area contributed by atoms with E-state index in [0.29, 0.717) is 6.20 Å². The van der Waals surface area contributed by atoms with Crippen LogP contribution >= 0.6 is 23.2 Å². The Balaban J connectivity index is 2.78. The van der Waals surface area contributed by atoms with Gasteiger partial charge in [-0.3, -0.25) is 4.79 Å². The summed E-state index contributed by atoms with van der Waals surface area (Å²) in [5, 5.41) is 0.0906. The lowest BCUT2D eigenvalue weighted by molar-refractivity contribution is -0.137. The number of H-pyrrole nitrogens is 1. The standard InChI is InChI=1S/C12H6Cl2F3NO/c13-9-3-1-2-6(11(9)14)7-4-10(19)18-5-8(7)12(15,16)17/h1-5H,(H,18,19). The fourth-order valence-corrected chi connectivity index (χ4v) is 2.04. The summed E-state index contributed by atoms with van der Waals surface area (Å²) in [6, 6.07) is 5.14. The Morgan fingerprint density at radius 3 is 2.42 bits per heavy atom. The Labute approximate surface area is 115 Å². The molecule has 1 aromatic heterocycles. The van der Waals surface area contributed by atoms with Crippen LogP contribution in [0.1, 0.15) is 5.56 Å². The maximum atomic E-state index is 12.9. The van der Waals surface area contributed by atoms with Gasteiger partial charge in [-0.25, -0.2) is 0 Å². The lowest BCUT2D eigenvalue weighted by Gasteiger charge is -2.13. The van der Waals surface area contributed by atoms with Crippen LogP contribution in [0, 0.1) is 0 Å². The van der Waals surface area contributed by atoms with Crippen LogP contribution in [0.5, 0.6) is 0 Å². The van der Waals surface area contributed by atoms with Crippen molar-refractivity contribution < 1.29 is 13.2 Å². The molecule has 0 radical (unpaired) electrons. The number of halogens is 5. The monoisotopic (exact) mass is 307 g/mol. The Morgan fingerprint density at radius 2 is 1.79 bits per heavy atom. The molecule has 100 valence electrons. The molecule has 0 bridgehead atoms. The molecule has 0 aliphatic heterocycles. The molecule has 7 heteroatoms. The molecule has 19 heavy (non-hydrogen) atoms. The Bertz CT molecular complexity index is 679. The van der Waals surface area contributed by atoms with E-state index < -0.39 is 17.3 Å². The second-order valence-corrected chi connectivity index (χ2v) is 4.51. The van der Waals surface area contributed by atoms with Gasteiger partial charge >= 0.3 is 6.18 Å². The molecule has 2 nitrogen and oxygen atoms in total. The van der Waals surface area contributed by atoms with Gasteiger partial charge in [0.1, 0.15) is 0 Å². The minimum absolute atomic E-state index is 0.0275. The van der Waals surface area contributed by atoms with Crippen molar-refractivity contribution in [2.24, 2.45) is 0 Å². The number of hydrogen-bond acceptors (Lipinski definition) is 1. The first-order valence-corrected chi connectivity index (χ1v) is 5.80. The van der Waals surface area contributed by atoms with E-state index in [1.54, 1.807) is 0 Å². The van der Waals surface area contributed by atoms with Crippen molar-refractivity contribution in [2.45, 2.75) is 6.18 Å². The van der Waals surface area contributed by atoms with E-state index in [0.717, 1.165) is 6.07 Å². The van der Waals surface area contributed by atoms with Gasteiger partial charge in [-0.2, -0.15) is 13.2 Å². The lowest BCUT2D eigenvalue weighted by Crippen LogP contribution is -2.13. The zero-order chi connectivity index (χ0) is 14.2. The molecule has 2 aromatic rings. The van der Waals surface area contributed by atoms with Crippen LogP contribution in [0.15, 0.2) is 35.3 Å². The molecule has 0 atom stereocenters. The van der Waals surface area contributed by atoms with Gasteiger partial charge in [0, 0.05) is 23.4 Å². The van der Waals surface area contributed by atoms with Crippen molar-refractivity contribution in [3.8, 4) is 11.1 Å². The average molecular weight is 308 g/mol. The Hall–Kier alpha value is -1.46. The number of nitrogens with one attached hydrogen (secondary N) is 1. The van der Waals surface area contributed by atoms with E-state index in [2.05, 4.69) is 0 Å². The largest absolute Gasteiger partial charge is 0.418 e. The fraction of sp³-hybridized carbons (Fsp3) is 0.0833. The van der Waals surface area contributed by atoms with Gasteiger partial charge in [0.2, 0.25) is 5.56 Å². The number of pyridine rings is 1. The SMILES string of the molecule is O=c1cc(-c2cccc(Cl)c2Cl)c(C(F)(F)F)c[nH]1. The predicted molar refractivity (Wildman–Crippen MR) is 67.5 cm³/mol. The van der Waals surface area contributed by atoms with Crippen molar-refractivity contribution in [1.29, 1.82) is 0 Å². The summed E-state index contributed by atoms with van der Waals surface area (Å²) in [7, 11) is 0. The van der Waals surface area contributed by atoms with Gasteiger partial charge in [0.25, 0.3) is 0 Å². The smallest absolute Gasteiger partial charge is 0.328 e. The van der Waals surface area contributed by atoms with E-state index in [1.807, 2.05) is 4.98 Å². The predicted octanol–water partition coefficient (Wildman–Crippen LogP) is 4.37. The molecule has 1 N–H and O–H groups in total. The zero-order valence-electron chi connectivity index (χ0n) is 9.18. The third-order valence-corrected chi connectivity index (χ3v) is 3.29. The van der Waals surface area contributed by atoms with Crippen LogP contribution in [-0.4, -0.2) is 4.98 Å². The van der Waals surface area contributed by atoms with Crippen molar-refractivity contribution in [3.63, 3.8) is 0 Å². The third-order valence-electron chi connectivity index (χ3n) is 2.47. The van der Waals surface area contributed by atoms with Gasteiger partial charge in [-0.1, -0.05) is 35.3 Å². The molecular weight excluding hydrogens is 302 g/mol. The topological polar surface area (TPSA) is 32.9 Å². The highest BCUT2D eigenvalue weighted by Gasteiger charge is 2.34. The molecule has 0 unspecified atom stereocenters. The summed E-state index contributed by atoms with van der Waals surface area (Å²) in [5.41, 5.74) is -1.87. The van der Waals surface area contributed by atoms with Crippen molar-refractivity contribution in [1.82, 2.24) is 4.98 Å². The number of aromatic nitrogens is 1. The van der Waals surface area contributed by atoms with Crippen molar-refractivity contribution in [2.75, 3.05) is 0 Å². The highest BCUT2D eigenvalue weighted by atomic mass is 35.5. The summed E-state index contributed by atoms with van der Waals surface area (Å²) in [5.74, 6) is 0. The summed E-state index contributed by atoms with van der Waals surface area (Å²) in [4.78, 5) is 13.2. The minimum atomic E-state index is -4.61. The molecular formula is C12H6Cl2F3NO. The van der Waals surface area contributed by atoms with Crippen molar-refractivity contribution >= 4 is 23.2 Å². The molecule has 2 rings (SSSR count). The van der Waals surface area contributed by atoms with Crippen LogP contribution < -0.4 is 5.56 Å². The van der Waals surface area contributed by atoms with Crippen molar-refractivity contribution in [3.05, 3.63) is 56.4 Å². The molecule has 0 aliphatic carbocycles. The molecule has 1 heterocycles. The highest BCUT2D eigenvalue weighted by Crippen LogP contribution is 2.40. The maximum Gasteiger partial charge on any atom is 0.418 e. The van der Waals surface area contributed by atoms with Crippen LogP contribution in [0.4, 0.5) is 13.2 Å². The first-order chi connectivity index (χ1) is 8.80. The molecule has 0 spiro atoms. The van der Waals surface area contributed by atoms with Gasteiger partial charge < -0.3 is 4.98 Å². The zero-order valence-corrected chi connectivity index (χ0v) is 10.7. The van der Waals surface area contributed by atoms with E-state index in [9.17, 15) is 18.0 Å².